The zero-order valence-electron chi connectivity index (χ0n) is 12.0. The van der Waals surface area contributed by atoms with Crippen LogP contribution in [0.25, 0.3) is 0 Å². The number of rotatable bonds is 3. The highest BCUT2D eigenvalue weighted by Crippen LogP contribution is 2.23. The van der Waals surface area contributed by atoms with Gasteiger partial charge in [-0.2, -0.15) is 0 Å². The topological polar surface area (TPSA) is 89.9 Å². The molecule has 1 aromatic rings. The zero-order valence-corrected chi connectivity index (χ0v) is 12.0. The number of carbonyl (C=O) groups is 2. The summed E-state index contributed by atoms with van der Waals surface area (Å²) in [5.41, 5.74) is 0.207. The number of hydrogen-bond donors (Lipinski definition) is 3. The molecule has 1 saturated heterocycles. The lowest BCUT2D eigenvalue weighted by atomic mass is 9.96. The summed E-state index contributed by atoms with van der Waals surface area (Å²) in [5.74, 6) is -1.02. The Morgan fingerprint density at radius 3 is 2.81 bits per heavy atom. The first-order chi connectivity index (χ1) is 10.0. The molecule has 0 radical (unpaired) electrons. The van der Waals surface area contributed by atoms with E-state index in [1.54, 1.807) is 4.90 Å². The molecule has 21 heavy (non-hydrogen) atoms. The molecule has 1 aliphatic rings. The number of aromatic hydroxyl groups is 1. The quantitative estimate of drug-likeness (QED) is 0.799. The van der Waals surface area contributed by atoms with Gasteiger partial charge in [-0.05, 0) is 30.9 Å². The molecule has 3 N–H and O–H groups in total. The van der Waals surface area contributed by atoms with Gasteiger partial charge in [0.1, 0.15) is 11.3 Å². The Kier molecular flexibility index (Phi) is 4.67. The predicted molar refractivity (Wildman–Crippen MR) is 78.7 cm³/mol. The third kappa shape index (κ3) is 3.65. The van der Waals surface area contributed by atoms with Gasteiger partial charge in [-0.3, -0.25) is 0 Å². The number of piperidine rings is 1. The van der Waals surface area contributed by atoms with Crippen LogP contribution in [0.4, 0.5) is 10.5 Å². The first-order valence-corrected chi connectivity index (χ1v) is 7.13. The molecule has 0 aromatic heterocycles. The van der Waals surface area contributed by atoms with Crippen molar-refractivity contribution in [3.63, 3.8) is 0 Å². The van der Waals surface area contributed by atoms with Crippen LogP contribution in [0.3, 0.4) is 0 Å². The van der Waals surface area contributed by atoms with Gasteiger partial charge in [0, 0.05) is 24.8 Å². The maximum Gasteiger partial charge on any atom is 0.339 e. The number of carboxylic acids is 1. The SMILES string of the molecule is CCC1CCCN(C(=O)Nc2ccc(C(=O)O)c(O)c2)C1. The van der Waals surface area contributed by atoms with E-state index in [0.717, 1.165) is 32.4 Å². The van der Waals surface area contributed by atoms with Gasteiger partial charge in [0.15, 0.2) is 0 Å². The number of benzene rings is 1. The molecule has 0 aliphatic carbocycles. The third-order valence-corrected chi connectivity index (χ3v) is 3.86. The molecule has 1 aromatic carbocycles. The Morgan fingerprint density at radius 2 is 2.19 bits per heavy atom. The number of likely N-dealkylation sites (tertiary alicyclic amines) is 1. The average molecular weight is 292 g/mol. The lowest BCUT2D eigenvalue weighted by Gasteiger charge is -2.32. The van der Waals surface area contributed by atoms with E-state index in [2.05, 4.69) is 12.2 Å². The van der Waals surface area contributed by atoms with Gasteiger partial charge in [-0.15, -0.1) is 0 Å². The maximum absolute atomic E-state index is 12.2. The molecule has 114 valence electrons. The second-order valence-electron chi connectivity index (χ2n) is 5.33. The van der Waals surface area contributed by atoms with E-state index in [1.807, 2.05) is 0 Å². The van der Waals surface area contributed by atoms with Crippen LogP contribution in [0.2, 0.25) is 0 Å². The van der Waals surface area contributed by atoms with Gasteiger partial charge in [0.2, 0.25) is 0 Å². The van der Waals surface area contributed by atoms with E-state index in [9.17, 15) is 14.7 Å². The minimum Gasteiger partial charge on any atom is -0.507 e. The molecule has 0 spiro atoms. The lowest BCUT2D eigenvalue weighted by Crippen LogP contribution is -2.42. The van der Waals surface area contributed by atoms with Crippen molar-refractivity contribution in [1.29, 1.82) is 0 Å². The van der Waals surface area contributed by atoms with Gasteiger partial charge in [-0.1, -0.05) is 13.3 Å². The van der Waals surface area contributed by atoms with Crippen molar-refractivity contribution in [1.82, 2.24) is 4.90 Å². The normalized spacial score (nSPS) is 18.3. The third-order valence-electron chi connectivity index (χ3n) is 3.86. The minimum atomic E-state index is -1.20. The van der Waals surface area contributed by atoms with Gasteiger partial charge < -0.3 is 20.4 Å². The molecular formula is C15H20N2O4. The second kappa shape index (κ2) is 6.47. The number of hydrogen-bond acceptors (Lipinski definition) is 3. The average Bonchev–Trinajstić information content (AvgIpc) is 2.47. The van der Waals surface area contributed by atoms with Crippen molar-refractivity contribution in [3.05, 3.63) is 23.8 Å². The molecule has 6 heteroatoms. The Balaban J connectivity index is 2.02. The minimum absolute atomic E-state index is 0.183. The smallest absolute Gasteiger partial charge is 0.339 e. The van der Waals surface area contributed by atoms with Gasteiger partial charge in [-0.25, -0.2) is 9.59 Å². The second-order valence-corrected chi connectivity index (χ2v) is 5.33. The fraction of sp³-hybridized carbons (Fsp3) is 0.467. The van der Waals surface area contributed by atoms with Crippen molar-refractivity contribution in [2.45, 2.75) is 26.2 Å². The molecule has 6 nitrogen and oxygen atoms in total. The van der Waals surface area contributed by atoms with Crippen molar-refractivity contribution in [2.24, 2.45) is 5.92 Å². The summed E-state index contributed by atoms with van der Waals surface area (Å²) in [6.45, 7) is 3.58. The van der Waals surface area contributed by atoms with Crippen LogP contribution in [0.15, 0.2) is 18.2 Å². The van der Waals surface area contributed by atoms with E-state index >= 15 is 0 Å². The fourth-order valence-electron chi connectivity index (χ4n) is 2.58. The van der Waals surface area contributed by atoms with Crippen molar-refractivity contribution >= 4 is 17.7 Å². The van der Waals surface area contributed by atoms with Crippen LogP contribution in [0.5, 0.6) is 5.75 Å². The summed E-state index contributed by atoms with van der Waals surface area (Å²) in [6.07, 6.45) is 3.20. The molecule has 0 bridgehead atoms. The Labute approximate surface area is 123 Å². The number of amides is 2. The molecule has 1 unspecified atom stereocenters. The predicted octanol–water partition coefficient (Wildman–Crippen LogP) is 2.74. The molecule has 0 saturated carbocycles. The summed E-state index contributed by atoms with van der Waals surface area (Å²) in [6, 6.07) is 3.79. The van der Waals surface area contributed by atoms with E-state index in [-0.39, 0.29) is 17.3 Å². The maximum atomic E-state index is 12.2. The molecule has 2 rings (SSSR count). The summed E-state index contributed by atoms with van der Waals surface area (Å²) in [7, 11) is 0. The van der Waals surface area contributed by atoms with Crippen molar-refractivity contribution in [3.8, 4) is 5.75 Å². The molecule has 1 aliphatic heterocycles. The molecular weight excluding hydrogens is 272 g/mol. The highest BCUT2D eigenvalue weighted by molar-refractivity contribution is 5.94. The molecule has 1 heterocycles. The van der Waals surface area contributed by atoms with E-state index in [0.29, 0.717) is 11.6 Å². The summed E-state index contributed by atoms with van der Waals surface area (Å²) in [4.78, 5) is 24.8. The number of nitrogens with one attached hydrogen (secondary N) is 1. The number of carboxylic acid groups (broad SMARTS) is 1. The van der Waals surface area contributed by atoms with Crippen LogP contribution >= 0.6 is 0 Å². The number of aromatic carboxylic acids is 1. The number of phenols is 1. The number of urea groups is 1. The van der Waals surface area contributed by atoms with Gasteiger partial charge in [0.05, 0.1) is 0 Å². The van der Waals surface area contributed by atoms with E-state index in [4.69, 9.17) is 5.11 Å². The molecule has 1 fully saturated rings. The number of nitrogens with zero attached hydrogens (tertiary/aromatic N) is 1. The monoisotopic (exact) mass is 292 g/mol. The van der Waals surface area contributed by atoms with E-state index < -0.39 is 5.97 Å². The first-order valence-electron chi connectivity index (χ1n) is 7.13. The van der Waals surface area contributed by atoms with Crippen LogP contribution in [-0.2, 0) is 0 Å². The van der Waals surface area contributed by atoms with Crippen LogP contribution < -0.4 is 5.32 Å². The van der Waals surface area contributed by atoms with E-state index in [1.165, 1.54) is 18.2 Å². The summed E-state index contributed by atoms with van der Waals surface area (Å²) >= 11 is 0. The van der Waals surface area contributed by atoms with Crippen molar-refractivity contribution < 1.29 is 19.8 Å². The Hall–Kier alpha value is -2.24. The zero-order chi connectivity index (χ0) is 15.4. The van der Waals surface area contributed by atoms with Crippen molar-refractivity contribution in [2.75, 3.05) is 18.4 Å². The standard InChI is InChI=1S/C15H20N2O4/c1-2-10-4-3-7-17(9-10)15(21)16-11-5-6-12(14(19)20)13(18)8-11/h5-6,8,10,18H,2-4,7,9H2,1H3,(H,16,21)(H,19,20). The van der Waals surface area contributed by atoms with Crippen LogP contribution in [0.1, 0.15) is 36.5 Å². The number of anilines is 1. The highest BCUT2D eigenvalue weighted by Gasteiger charge is 2.22. The summed E-state index contributed by atoms with van der Waals surface area (Å²) < 4.78 is 0. The molecule has 1 atom stereocenters. The fourth-order valence-corrected chi connectivity index (χ4v) is 2.58. The first kappa shape index (κ1) is 15.2. The molecule has 2 amide bonds. The Bertz CT molecular complexity index is 544. The largest absolute Gasteiger partial charge is 0.507 e. The van der Waals surface area contributed by atoms with Gasteiger partial charge >= 0.3 is 12.0 Å². The highest BCUT2D eigenvalue weighted by atomic mass is 16.4. The van der Waals surface area contributed by atoms with Crippen LogP contribution in [0, 0.1) is 5.92 Å². The van der Waals surface area contributed by atoms with Crippen LogP contribution in [-0.4, -0.2) is 40.2 Å². The summed E-state index contributed by atoms with van der Waals surface area (Å²) in [5, 5.41) is 21.2. The van der Waals surface area contributed by atoms with Gasteiger partial charge in [0.25, 0.3) is 0 Å². The number of carbonyl (C=O) groups excluding carboxylic acids is 1. The lowest BCUT2D eigenvalue weighted by molar-refractivity contribution is 0.0694. The Morgan fingerprint density at radius 1 is 1.43 bits per heavy atom.